The summed E-state index contributed by atoms with van der Waals surface area (Å²) in [6.07, 6.45) is 0.131. The molecule has 1 aliphatic rings. The summed E-state index contributed by atoms with van der Waals surface area (Å²) in [7, 11) is 1.31. The Hall–Kier alpha value is -1.60. The second-order valence-corrected chi connectivity index (χ2v) is 6.12. The average Bonchev–Trinajstić information content (AvgIpc) is 2.54. The maximum atomic E-state index is 13.7. The van der Waals surface area contributed by atoms with E-state index < -0.39 is 12.4 Å². The first-order valence-corrected chi connectivity index (χ1v) is 8.07. The Morgan fingerprint density at radius 1 is 1.50 bits per heavy atom. The zero-order chi connectivity index (χ0) is 16.1. The number of carbonyl (C=O) groups excluding carboxylic acids is 2. The molecular weight excluding hydrogens is 309 g/mol. The molecule has 120 valence electrons. The number of methoxy groups -OCH3 is 1. The third-order valence-corrected chi connectivity index (χ3v) is 4.68. The number of aliphatic hydroxyl groups is 1. The first-order valence-electron chi connectivity index (χ1n) is 6.91. The lowest BCUT2D eigenvalue weighted by atomic mass is 10.1. The number of aliphatic hydroxyl groups excluding tert-OH is 1. The van der Waals surface area contributed by atoms with Gasteiger partial charge in [-0.1, -0.05) is 6.07 Å². The van der Waals surface area contributed by atoms with E-state index in [0.717, 1.165) is 11.8 Å². The van der Waals surface area contributed by atoms with Crippen molar-refractivity contribution >= 4 is 23.6 Å². The summed E-state index contributed by atoms with van der Waals surface area (Å²) in [6.45, 7) is 0.0974. The lowest BCUT2D eigenvalue weighted by molar-refractivity contribution is -0.141. The van der Waals surface area contributed by atoms with Crippen LogP contribution in [0.4, 0.5) is 4.39 Å². The van der Waals surface area contributed by atoms with E-state index in [-0.39, 0.29) is 35.5 Å². The van der Waals surface area contributed by atoms with Gasteiger partial charge >= 0.3 is 5.97 Å². The van der Waals surface area contributed by atoms with Crippen LogP contribution in [-0.2, 0) is 16.1 Å². The van der Waals surface area contributed by atoms with E-state index in [1.807, 2.05) is 0 Å². The van der Waals surface area contributed by atoms with Gasteiger partial charge in [-0.2, -0.15) is 11.8 Å². The Balaban J connectivity index is 2.18. The Morgan fingerprint density at radius 3 is 2.91 bits per heavy atom. The summed E-state index contributed by atoms with van der Waals surface area (Å²) < 4.78 is 18.4. The Bertz CT molecular complexity index is 566. The van der Waals surface area contributed by atoms with E-state index in [1.54, 1.807) is 16.7 Å². The number of hydrogen-bond acceptors (Lipinski definition) is 5. The number of carbonyl (C=O) groups is 2. The molecule has 1 N–H and O–H groups in total. The molecular formula is C15H18FNO4S. The second kappa shape index (κ2) is 7.60. The monoisotopic (exact) mass is 327 g/mol. The molecule has 7 heteroatoms. The number of amides is 1. The molecule has 0 aromatic heterocycles. The van der Waals surface area contributed by atoms with E-state index in [1.165, 1.54) is 19.2 Å². The predicted molar refractivity (Wildman–Crippen MR) is 81.1 cm³/mol. The number of nitrogens with zero attached hydrogens (tertiary/aromatic N) is 1. The third-order valence-electron chi connectivity index (χ3n) is 3.59. The van der Waals surface area contributed by atoms with Gasteiger partial charge in [0.05, 0.1) is 26.2 Å². The number of halogens is 1. The van der Waals surface area contributed by atoms with Gasteiger partial charge in [-0.3, -0.25) is 9.59 Å². The van der Waals surface area contributed by atoms with Gasteiger partial charge in [0.1, 0.15) is 5.82 Å². The van der Waals surface area contributed by atoms with Crippen LogP contribution in [0, 0.1) is 5.82 Å². The zero-order valence-electron chi connectivity index (χ0n) is 12.3. The first kappa shape index (κ1) is 16.8. The maximum Gasteiger partial charge on any atom is 0.307 e. The fourth-order valence-electron chi connectivity index (χ4n) is 2.34. The summed E-state index contributed by atoms with van der Waals surface area (Å²) in [4.78, 5) is 25.6. The predicted octanol–water partition coefficient (Wildman–Crippen LogP) is 1.44. The van der Waals surface area contributed by atoms with Gasteiger partial charge in [0, 0.05) is 29.2 Å². The smallest absolute Gasteiger partial charge is 0.307 e. The van der Waals surface area contributed by atoms with Crippen LogP contribution in [0.3, 0.4) is 0 Å². The van der Waals surface area contributed by atoms with Crippen LogP contribution in [0.2, 0.25) is 0 Å². The quantitative estimate of drug-likeness (QED) is 0.848. The van der Waals surface area contributed by atoms with Crippen molar-refractivity contribution in [2.24, 2.45) is 0 Å². The van der Waals surface area contributed by atoms with Crippen LogP contribution in [0.5, 0.6) is 0 Å². The number of ether oxygens (including phenoxy) is 1. The van der Waals surface area contributed by atoms with E-state index in [9.17, 15) is 14.0 Å². The van der Waals surface area contributed by atoms with Crippen LogP contribution >= 0.6 is 11.8 Å². The number of esters is 1. The Kier molecular flexibility index (Phi) is 5.79. The van der Waals surface area contributed by atoms with Crippen LogP contribution in [0.1, 0.15) is 22.3 Å². The summed E-state index contributed by atoms with van der Waals surface area (Å²) in [6, 6.07) is 3.77. The van der Waals surface area contributed by atoms with Crippen molar-refractivity contribution in [3.8, 4) is 0 Å². The highest BCUT2D eigenvalue weighted by Crippen LogP contribution is 2.22. The maximum absolute atomic E-state index is 13.7. The number of thioether (sulfide) groups is 1. The highest BCUT2D eigenvalue weighted by atomic mass is 32.2. The topological polar surface area (TPSA) is 66.8 Å². The van der Waals surface area contributed by atoms with Crippen molar-refractivity contribution in [3.05, 3.63) is 35.1 Å². The summed E-state index contributed by atoms with van der Waals surface area (Å²) in [5.74, 6) is 0.146. The van der Waals surface area contributed by atoms with Crippen LogP contribution in [0.25, 0.3) is 0 Å². The highest BCUT2D eigenvalue weighted by Gasteiger charge is 2.30. The van der Waals surface area contributed by atoms with Crippen molar-refractivity contribution in [1.82, 2.24) is 4.90 Å². The zero-order valence-corrected chi connectivity index (χ0v) is 13.1. The van der Waals surface area contributed by atoms with Gasteiger partial charge < -0.3 is 14.7 Å². The van der Waals surface area contributed by atoms with Crippen molar-refractivity contribution < 1.29 is 23.8 Å². The van der Waals surface area contributed by atoms with Crippen LogP contribution in [-0.4, -0.2) is 53.1 Å². The molecule has 1 amide bonds. The van der Waals surface area contributed by atoms with Gasteiger partial charge in [0.25, 0.3) is 5.91 Å². The van der Waals surface area contributed by atoms with Crippen LogP contribution < -0.4 is 0 Å². The Morgan fingerprint density at radius 2 is 2.27 bits per heavy atom. The number of hydrogen-bond donors (Lipinski definition) is 1. The highest BCUT2D eigenvalue weighted by molar-refractivity contribution is 7.99. The van der Waals surface area contributed by atoms with Gasteiger partial charge in [-0.25, -0.2) is 4.39 Å². The molecule has 22 heavy (non-hydrogen) atoms. The lowest BCUT2D eigenvalue weighted by Gasteiger charge is -2.35. The fourth-order valence-corrected chi connectivity index (χ4v) is 3.40. The molecule has 1 aromatic rings. The van der Waals surface area contributed by atoms with Crippen molar-refractivity contribution in [2.45, 2.75) is 19.1 Å². The van der Waals surface area contributed by atoms with E-state index in [2.05, 4.69) is 4.74 Å². The van der Waals surface area contributed by atoms with E-state index >= 15 is 0 Å². The van der Waals surface area contributed by atoms with Gasteiger partial charge in [0.2, 0.25) is 0 Å². The lowest BCUT2D eigenvalue weighted by Crippen LogP contribution is -2.47. The minimum Gasteiger partial charge on any atom is -0.469 e. The standard InChI is InChI=1S/C15H18FNO4S/c1-21-14(19)7-12-9-22-5-4-17(12)15(20)10-2-3-11(8-18)13(16)6-10/h2-3,6,12,18H,4-5,7-9H2,1H3. The summed E-state index contributed by atoms with van der Waals surface area (Å²) in [5.41, 5.74) is 0.369. The SMILES string of the molecule is COC(=O)CC1CSCCN1C(=O)c1ccc(CO)c(F)c1. The molecule has 1 heterocycles. The minimum atomic E-state index is -0.607. The molecule has 2 rings (SSSR count). The molecule has 0 radical (unpaired) electrons. The second-order valence-electron chi connectivity index (χ2n) is 4.97. The van der Waals surface area contributed by atoms with E-state index in [0.29, 0.717) is 12.3 Å². The van der Waals surface area contributed by atoms with Crippen LogP contribution in [0.15, 0.2) is 18.2 Å². The molecule has 0 aliphatic carbocycles. The van der Waals surface area contributed by atoms with Gasteiger partial charge in [-0.05, 0) is 12.1 Å². The molecule has 1 saturated heterocycles. The molecule has 1 unspecified atom stereocenters. The van der Waals surface area contributed by atoms with Gasteiger partial charge in [-0.15, -0.1) is 0 Å². The largest absolute Gasteiger partial charge is 0.469 e. The van der Waals surface area contributed by atoms with Crippen molar-refractivity contribution in [1.29, 1.82) is 0 Å². The molecule has 0 bridgehead atoms. The molecule has 1 fully saturated rings. The van der Waals surface area contributed by atoms with Gasteiger partial charge in [0.15, 0.2) is 0 Å². The number of benzene rings is 1. The molecule has 1 aromatic carbocycles. The number of rotatable bonds is 4. The molecule has 1 aliphatic heterocycles. The molecule has 1 atom stereocenters. The molecule has 0 spiro atoms. The normalized spacial score (nSPS) is 18.1. The van der Waals surface area contributed by atoms with E-state index in [4.69, 9.17) is 5.11 Å². The minimum absolute atomic E-state index is 0.131. The van der Waals surface area contributed by atoms with Crippen molar-refractivity contribution in [3.63, 3.8) is 0 Å². The average molecular weight is 327 g/mol. The van der Waals surface area contributed by atoms with Crippen molar-refractivity contribution in [2.75, 3.05) is 25.2 Å². The molecule has 5 nitrogen and oxygen atoms in total. The third kappa shape index (κ3) is 3.78. The molecule has 0 saturated carbocycles. The fraction of sp³-hybridized carbons (Fsp3) is 0.467. The Labute approximate surface area is 132 Å². The summed E-state index contributed by atoms with van der Waals surface area (Å²) in [5, 5.41) is 8.98. The first-order chi connectivity index (χ1) is 10.6. The summed E-state index contributed by atoms with van der Waals surface area (Å²) >= 11 is 1.67.